The van der Waals surface area contributed by atoms with E-state index >= 15 is 0 Å². The summed E-state index contributed by atoms with van der Waals surface area (Å²) in [5.74, 6) is 1.42. The van der Waals surface area contributed by atoms with Crippen molar-refractivity contribution in [2.75, 3.05) is 13.7 Å². The van der Waals surface area contributed by atoms with Crippen LogP contribution in [0.4, 0.5) is 0 Å². The quantitative estimate of drug-likeness (QED) is 0.423. The monoisotopic (exact) mass is 449 g/mol. The fourth-order valence-corrected chi connectivity index (χ4v) is 5.29. The van der Waals surface area contributed by atoms with E-state index in [0.717, 1.165) is 45.5 Å². The Labute approximate surface area is 194 Å². The summed E-state index contributed by atoms with van der Waals surface area (Å²) in [6, 6.07) is 9.97. The first-order valence-corrected chi connectivity index (χ1v) is 12.2. The van der Waals surface area contributed by atoms with Gasteiger partial charge in [-0.05, 0) is 56.0 Å². The third-order valence-corrected chi connectivity index (χ3v) is 7.18. The summed E-state index contributed by atoms with van der Waals surface area (Å²) in [5, 5.41) is 5.98. The molecule has 1 aliphatic carbocycles. The first-order valence-electron chi connectivity index (χ1n) is 11.3. The SMILES string of the molecule is C=CCNC(=O)c1cc(-c2csc(-c3ccc(OC)cc3)n2)n(CC2CCCCC2)c1C. The predicted molar refractivity (Wildman–Crippen MR) is 131 cm³/mol. The summed E-state index contributed by atoms with van der Waals surface area (Å²) in [7, 11) is 1.67. The molecule has 1 fully saturated rings. The molecule has 0 aliphatic heterocycles. The summed E-state index contributed by atoms with van der Waals surface area (Å²) in [6.45, 7) is 7.14. The van der Waals surface area contributed by atoms with Crippen LogP contribution in [0, 0.1) is 12.8 Å². The molecule has 1 aliphatic rings. The average Bonchev–Trinajstić information content (AvgIpc) is 3.44. The van der Waals surface area contributed by atoms with Crippen molar-refractivity contribution in [1.82, 2.24) is 14.9 Å². The number of benzene rings is 1. The van der Waals surface area contributed by atoms with Crippen LogP contribution in [0.15, 0.2) is 48.4 Å². The molecule has 0 spiro atoms. The number of aromatic nitrogens is 2. The van der Waals surface area contributed by atoms with Gasteiger partial charge >= 0.3 is 0 Å². The molecule has 2 aromatic heterocycles. The number of hydrogen-bond acceptors (Lipinski definition) is 4. The molecule has 1 N–H and O–H groups in total. The lowest BCUT2D eigenvalue weighted by molar-refractivity contribution is 0.0957. The standard InChI is InChI=1S/C26H31N3O2S/c1-4-14-27-25(30)22-15-24(29(18(22)2)16-19-8-6-5-7-9-19)23-17-32-26(28-23)20-10-12-21(31-3)13-11-20/h4,10-13,15,17,19H,1,5-9,14,16H2,2-3H3,(H,27,30). The Morgan fingerprint density at radius 3 is 2.72 bits per heavy atom. The van der Waals surface area contributed by atoms with Gasteiger partial charge in [-0.2, -0.15) is 0 Å². The fourth-order valence-electron chi connectivity index (χ4n) is 4.47. The average molecular weight is 450 g/mol. The number of ether oxygens (including phenoxy) is 1. The van der Waals surface area contributed by atoms with Crippen LogP contribution in [-0.4, -0.2) is 29.1 Å². The van der Waals surface area contributed by atoms with E-state index in [1.165, 1.54) is 32.1 Å². The van der Waals surface area contributed by atoms with E-state index in [4.69, 9.17) is 9.72 Å². The molecule has 2 heterocycles. The number of nitrogens with zero attached hydrogens (tertiary/aromatic N) is 2. The summed E-state index contributed by atoms with van der Waals surface area (Å²) in [4.78, 5) is 17.7. The Bertz CT molecular complexity index is 1080. The van der Waals surface area contributed by atoms with Crippen LogP contribution >= 0.6 is 11.3 Å². The Morgan fingerprint density at radius 2 is 2.03 bits per heavy atom. The highest BCUT2D eigenvalue weighted by Crippen LogP contribution is 2.34. The molecule has 168 valence electrons. The van der Waals surface area contributed by atoms with Crippen molar-refractivity contribution in [3.8, 4) is 27.7 Å². The van der Waals surface area contributed by atoms with Crippen molar-refractivity contribution in [3.05, 3.63) is 59.6 Å². The van der Waals surface area contributed by atoms with Crippen molar-refractivity contribution in [2.45, 2.75) is 45.6 Å². The molecule has 5 nitrogen and oxygen atoms in total. The van der Waals surface area contributed by atoms with Crippen LogP contribution in [0.3, 0.4) is 0 Å². The minimum Gasteiger partial charge on any atom is -0.497 e. The molecular formula is C26H31N3O2S. The van der Waals surface area contributed by atoms with Crippen molar-refractivity contribution < 1.29 is 9.53 Å². The van der Waals surface area contributed by atoms with Crippen molar-refractivity contribution in [2.24, 2.45) is 5.92 Å². The molecule has 0 radical (unpaired) electrons. The van der Waals surface area contributed by atoms with E-state index in [9.17, 15) is 4.79 Å². The Kier molecular flexibility index (Phi) is 7.10. The molecule has 3 aromatic rings. The van der Waals surface area contributed by atoms with E-state index in [1.54, 1.807) is 24.5 Å². The van der Waals surface area contributed by atoms with Crippen molar-refractivity contribution in [3.63, 3.8) is 0 Å². The molecule has 0 bridgehead atoms. The smallest absolute Gasteiger partial charge is 0.253 e. The first kappa shape index (κ1) is 22.3. The fraction of sp³-hybridized carbons (Fsp3) is 0.385. The first-order chi connectivity index (χ1) is 15.6. The zero-order chi connectivity index (χ0) is 22.5. The number of amides is 1. The predicted octanol–water partition coefficient (Wildman–Crippen LogP) is 6.09. The van der Waals surface area contributed by atoms with Gasteiger partial charge in [-0.15, -0.1) is 17.9 Å². The van der Waals surface area contributed by atoms with E-state index in [2.05, 4.69) is 21.8 Å². The Morgan fingerprint density at radius 1 is 1.28 bits per heavy atom. The van der Waals surface area contributed by atoms with Gasteiger partial charge in [-0.25, -0.2) is 4.98 Å². The van der Waals surface area contributed by atoms with Gasteiger partial charge in [0.25, 0.3) is 5.91 Å². The molecule has 4 rings (SSSR count). The second kappa shape index (κ2) is 10.2. The van der Waals surface area contributed by atoms with E-state index < -0.39 is 0 Å². The van der Waals surface area contributed by atoms with Crippen LogP contribution in [-0.2, 0) is 6.54 Å². The van der Waals surface area contributed by atoms with Crippen molar-refractivity contribution >= 4 is 17.2 Å². The third-order valence-electron chi connectivity index (χ3n) is 6.29. The van der Waals surface area contributed by atoms with Crippen LogP contribution in [0.1, 0.15) is 48.2 Å². The lowest BCUT2D eigenvalue weighted by atomic mass is 9.89. The van der Waals surface area contributed by atoms with E-state index in [1.807, 2.05) is 37.3 Å². The van der Waals surface area contributed by atoms with Gasteiger partial charge in [0.1, 0.15) is 10.8 Å². The minimum atomic E-state index is -0.0587. The molecule has 0 saturated heterocycles. The lowest BCUT2D eigenvalue weighted by Crippen LogP contribution is -2.24. The highest BCUT2D eigenvalue weighted by molar-refractivity contribution is 7.13. The molecule has 0 unspecified atom stereocenters. The van der Waals surface area contributed by atoms with Gasteiger partial charge in [-0.1, -0.05) is 25.3 Å². The second-order valence-electron chi connectivity index (χ2n) is 8.41. The highest BCUT2D eigenvalue weighted by atomic mass is 32.1. The number of rotatable bonds is 8. The largest absolute Gasteiger partial charge is 0.497 e. The summed E-state index contributed by atoms with van der Waals surface area (Å²) in [5.41, 5.74) is 4.73. The van der Waals surface area contributed by atoms with Gasteiger partial charge in [0.15, 0.2) is 0 Å². The van der Waals surface area contributed by atoms with Gasteiger partial charge in [0.05, 0.1) is 24.1 Å². The summed E-state index contributed by atoms with van der Waals surface area (Å²) >= 11 is 1.62. The number of carbonyl (C=O) groups excluding carboxylic acids is 1. The maximum absolute atomic E-state index is 12.8. The van der Waals surface area contributed by atoms with Crippen molar-refractivity contribution in [1.29, 1.82) is 0 Å². The molecular weight excluding hydrogens is 418 g/mol. The maximum Gasteiger partial charge on any atom is 0.253 e. The number of nitrogens with one attached hydrogen (secondary N) is 1. The van der Waals surface area contributed by atoms with Crippen LogP contribution in [0.2, 0.25) is 0 Å². The Hall–Kier alpha value is -2.86. The number of carbonyl (C=O) groups is 1. The minimum absolute atomic E-state index is 0.0587. The van der Waals surface area contributed by atoms with Gasteiger partial charge < -0.3 is 14.6 Å². The summed E-state index contributed by atoms with van der Waals surface area (Å²) in [6.07, 6.45) is 8.14. The second-order valence-corrected chi connectivity index (χ2v) is 9.27. The molecule has 6 heteroatoms. The molecule has 1 aromatic carbocycles. The van der Waals surface area contributed by atoms with Crippen LogP contribution in [0.5, 0.6) is 5.75 Å². The maximum atomic E-state index is 12.8. The van der Waals surface area contributed by atoms with Gasteiger partial charge in [-0.3, -0.25) is 4.79 Å². The van der Waals surface area contributed by atoms with Gasteiger partial charge in [0, 0.05) is 29.7 Å². The third kappa shape index (κ3) is 4.80. The van der Waals surface area contributed by atoms with Crippen LogP contribution in [0.25, 0.3) is 22.0 Å². The normalized spacial score (nSPS) is 14.3. The van der Waals surface area contributed by atoms with E-state index in [0.29, 0.717) is 12.5 Å². The topological polar surface area (TPSA) is 56.1 Å². The molecule has 32 heavy (non-hydrogen) atoms. The molecule has 1 amide bonds. The van der Waals surface area contributed by atoms with Gasteiger partial charge in [0.2, 0.25) is 0 Å². The molecule has 1 saturated carbocycles. The highest BCUT2D eigenvalue weighted by Gasteiger charge is 2.23. The Balaban J connectivity index is 1.68. The lowest BCUT2D eigenvalue weighted by Gasteiger charge is -2.24. The summed E-state index contributed by atoms with van der Waals surface area (Å²) < 4.78 is 7.58. The zero-order valence-corrected chi connectivity index (χ0v) is 19.7. The number of hydrogen-bond donors (Lipinski definition) is 1. The van der Waals surface area contributed by atoms with Crippen LogP contribution < -0.4 is 10.1 Å². The number of methoxy groups -OCH3 is 1. The van der Waals surface area contributed by atoms with E-state index in [-0.39, 0.29) is 5.91 Å². The number of thiazole rings is 1. The zero-order valence-electron chi connectivity index (χ0n) is 18.9. The molecule has 0 atom stereocenters.